The summed E-state index contributed by atoms with van der Waals surface area (Å²) in [5, 5.41) is 0. The van der Waals surface area contributed by atoms with Gasteiger partial charge in [-0.25, -0.2) is 4.98 Å². The van der Waals surface area contributed by atoms with Gasteiger partial charge in [-0.05, 0) is 31.0 Å². The van der Waals surface area contributed by atoms with E-state index < -0.39 is 0 Å². The fourth-order valence-corrected chi connectivity index (χ4v) is 1.57. The van der Waals surface area contributed by atoms with Gasteiger partial charge in [0.15, 0.2) is 0 Å². The van der Waals surface area contributed by atoms with E-state index in [0.717, 1.165) is 12.1 Å². The van der Waals surface area contributed by atoms with Crippen LogP contribution in [0.15, 0.2) is 43.0 Å². The number of Topliss-reactive ketones (excluding diaryl/α,β-unsaturated/α-hetero) is 1. The molecule has 0 aliphatic rings. The van der Waals surface area contributed by atoms with E-state index in [1.807, 2.05) is 22.9 Å². The van der Waals surface area contributed by atoms with Crippen molar-refractivity contribution < 1.29 is 4.79 Å². The molecule has 16 heavy (non-hydrogen) atoms. The minimum Gasteiger partial charge on any atom is -0.306 e. The maximum Gasteiger partial charge on any atom is 0.130 e. The second-order valence-corrected chi connectivity index (χ2v) is 3.84. The minimum atomic E-state index is 0.235. The first-order valence-electron chi connectivity index (χ1n) is 5.32. The smallest absolute Gasteiger partial charge is 0.130 e. The molecule has 1 aromatic heterocycles. The summed E-state index contributed by atoms with van der Waals surface area (Å²) in [5.74, 6) is 0.235. The number of benzene rings is 1. The number of carbonyl (C=O) groups excluding carboxylic acids is 1. The van der Waals surface area contributed by atoms with Gasteiger partial charge in [0, 0.05) is 24.5 Å². The average Bonchev–Trinajstić information content (AvgIpc) is 2.80. The van der Waals surface area contributed by atoms with Crippen molar-refractivity contribution >= 4 is 5.78 Å². The lowest BCUT2D eigenvalue weighted by Crippen LogP contribution is -1.95. The molecule has 0 fully saturated rings. The van der Waals surface area contributed by atoms with Crippen LogP contribution in [0.25, 0.3) is 5.69 Å². The zero-order chi connectivity index (χ0) is 11.4. The monoisotopic (exact) mass is 214 g/mol. The van der Waals surface area contributed by atoms with Crippen LogP contribution in [0.4, 0.5) is 0 Å². The van der Waals surface area contributed by atoms with Gasteiger partial charge < -0.3 is 9.36 Å². The molecule has 0 aliphatic heterocycles. The topological polar surface area (TPSA) is 34.9 Å². The standard InChI is InChI=1S/C13H14N2O/c1-11(16)2-3-12-4-6-13(7-5-12)15-9-8-14-10-15/h4-10H,2-3H2,1H3. The minimum absolute atomic E-state index is 0.235. The Hall–Kier alpha value is -1.90. The molecule has 0 aliphatic carbocycles. The maximum absolute atomic E-state index is 10.9. The molecule has 0 unspecified atom stereocenters. The fourth-order valence-electron chi connectivity index (χ4n) is 1.57. The summed E-state index contributed by atoms with van der Waals surface area (Å²) in [4.78, 5) is 14.9. The van der Waals surface area contributed by atoms with E-state index in [1.165, 1.54) is 5.56 Å². The second kappa shape index (κ2) is 4.75. The maximum atomic E-state index is 10.9. The van der Waals surface area contributed by atoms with Gasteiger partial charge in [-0.1, -0.05) is 12.1 Å². The van der Waals surface area contributed by atoms with Crippen molar-refractivity contribution in [2.75, 3.05) is 0 Å². The third-order valence-electron chi connectivity index (χ3n) is 2.50. The highest BCUT2D eigenvalue weighted by Gasteiger charge is 1.98. The van der Waals surface area contributed by atoms with Crippen molar-refractivity contribution in [1.82, 2.24) is 9.55 Å². The SMILES string of the molecule is CC(=O)CCc1ccc(-n2ccnc2)cc1. The number of ketones is 1. The van der Waals surface area contributed by atoms with E-state index in [9.17, 15) is 4.79 Å². The van der Waals surface area contributed by atoms with Crippen LogP contribution in [-0.4, -0.2) is 15.3 Å². The number of hydrogen-bond acceptors (Lipinski definition) is 2. The number of aryl methyl sites for hydroxylation is 1. The highest BCUT2D eigenvalue weighted by atomic mass is 16.1. The summed E-state index contributed by atoms with van der Waals surface area (Å²) in [6.45, 7) is 1.62. The molecule has 2 aromatic rings. The van der Waals surface area contributed by atoms with E-state index in [0.29, 0.717) is 6.42 Å². The number of aromatic nitrogens is 2. The Morgan fingerprint density at radius 1 is 1.31 bits per heavy atom. The number of hydrogen-bond donors (Lipinski definition) is 0. The van der Waals surface area contributed by atoms with Crippen LogP contribution in [-0.2, 0) is 11.2 Å². The molecular formula is C13H14N2O. The predicted octanol–water partition coefficient (Wildman–Crippen LogP) is 2.39. The molecule has 0 N–H and O–H groups in total. The van der Waals surface area contributed by atoms with E-state index in [4.69, 9.17) is 0 Å². The molecule has 2 rings (SSSR count). The van der Waals surface area contributed by atoms with Crippen LogP contribution in [0.2, 0.25) is 0 Å². The third-order valence-corrected chi connectivity index (χ3v) is 2.50. The summed E-state index contributed by atoms with van der Waals surface area (Å²) in [6, 6.07) is 8.19. The Bertz CT molecular complexity index is 457. The molecule has 82 valence electrons. The lowest BCUT2D eigenvalue weighted by Gasteiger charge is -2.03. The Balaban J connectivity index is 2.08. The molecule has 1 aromatic carbocycles. The summed E-state index contributed by atoms with van der Waals surface area (Å²) in [6.07, 6.45) is 6.86. The zero-order valence-electron chi connectivity index (χ0n) is 9.26. The molecule has 0 atom stereocenters. The third kappa shape index (κ3) is 2.57. The molecule has 0 bridgehead atoms. The number of carbonyl (C=O) groups is 1. The Morgan fingerprint density at radius 2 is 2.06 bits per heavy atom. The second-order valence-electron chi connectivity index (χ2n) is 3.84. The highest BCUT2D eigenvalue weighted by Crippen LogP contribution is 2.10. The van der Waals surface area contributed by atoms with Gasteiger partial charge in [-0.2, -0.15) is 0 Å². The van der Waals surface area contributed by atoms with Crippen molar-refractivity contribution in [3.05, 3.63) is 48.5 Å². The van der Waals surface area contributed by atoms with E-state index in [2.05, 4.69) is 17.1 Å². The van der Waals surface area contributed by atoms with Crippen molar-refractivity contribution in [3.8, 4) is 5.69 Å². The summed E-state index contributed by atoms with van der Waals surface area (Å²) in [5.41, 5.74) is 2.28. The normalized spacial score (nSPS) is 10.3. The van der Waals surface area contributed by atoms with Gasteiger partial charge >= 0.3 is 0 Å². The molecule has 3 nitrogen and oxygen atoms in total. The number of nitrogens with zero attached hydrogens (tertiary/aromatic N) is 2. The van der Waals surface area contributed by atoms with Gasteiger partial charge in [0.2, 0.25) is 0 Å². The van der Waals surface area contributed by atoms with Gasteiger partial charge in [0.05, 0.1) is 6.33 Å². The van der Waals surface area contributed by atoms with Gasteiger partial charge in [0.25, 0.3) is 0 Å². The van der Waals surface area contributed by atoms with Gasteiger partial charge in [-0.15, -0.1) is 0 Å². The largest absolute Gasteiger partial charge is 0.306 e. The molecule has 0 saturated carbocycles. The van der Waals surface area contributed by atoms with Crippen LogP contribution in [0, 0.1) is 0 Å². The van der Waals surface area contributed by atoms with Crippen LogP contribution >= 0.6 is 0 Å². The van der Waals surface area contributed by atoms with Crippen LogP contribution in [0.1, 0.15) is 18.9 Å². The Morgan fingerprint density at radius 3 is 2.62 bits per heavy atom. The van der Waals surface area contributed by atoms with E-state index in [1.54, 1.807) is 19.4 Å². The van der Waals surface area contributed by atoms with E-state index >= 15 is 0 Å². The quantitative estimate of drug-likeness (QED) is 0.783. The molecule has 1 heterocycles. The lowest BCUT2D eigenvalue weighted by molar-refractivity contribution is -0.116. The lowest BCUT2D eigenvalue weighted by atomic mass is 10.1. The van der Waals surface area contributed by atoms with Crippen molar-refractivity contribution in [1.29, 1.82) is 0 Å². The van der Waals surface area contributed by atoms with E-state index in [-0.39, 0.29) is 5.78 Å². The Kier molecular flexibility index (Phi) is 3.15. The van der Waals surface area contributed by atoms with Crippen molar-refractivity contribution in [2.45, 2.75) is 19.8 Å². The zero-order valence-corrected chi connectivity index (χ0v) is 9.26. The van der Waals surface area contributed by atoms with Crippen molar-refractivity contribution in [3.63, 3.8) is 0 Å². The number of rotatable bonds is 4. The summed E-state index contributed by atoms with van der Waals surface area (Å²) < 4.78 is 1.95. The van der Waals surface area contributed by atoms with Crippen LogP contribution in [0.3, 0.4) is 0 Å². The average molecular weight is 214 g/mol. The Labute approximate surface area is 94.7 Å². The van der Waals surface area contributed by atoms with Crippen LogP contribution in [0.5, 0.6) is 0 Å². The number of imidazole rings is 1. The van der Waals surface area contributed by atoms with Crippen molar-refractivity contribution in [2.24, 2.45) is 0 Å². The first kappa shape index (κ1) is 10.6. The fraction of sp³-hybridized carbons (Fsp3) is 0.231. The first-order chi connectivity index (χ1) is 7.75. The van der Waals surface area contributed by atoms with Crippen LogP contribution < -0.4 is 0 Å². The molecular weight excluding hydrogens is 200 g/mol. The summed E-state index contributed by atoms with van der Waals surface area (Å²) in [7, 11) is 0. The molecule has 0 saturated heterocycles. The summed E-state index contributed by atoms with van der Waals surface area (Å²) >= 11 is 0. The molecule has 0 spiro atoms. The molecule has 0 radical (unpaired) electrons. The highest BCUT2D eigenvalue weighted by molar-refractivity contribution is 5.75. The van der Waals surface area contributed by atoms with Gasteiger partial charge in [0.1, 0.15) is 5.78 Å². The first-order valence-corrected chi connectivity index (χ1v) is 5.32. The molecule has 0 amide bonds. The predicted molar refractivity (Wildman–Crippen MR) is 62.6 cm³/mol. The molecule has 3 heteroatoms. The van der Waals surface area contributed by atoms with Gasteiger partial charge in [-0.3, -0.25) is 0 Å².